The molecule has 0 aliphatic carbocycles. The number of aromatic nitrogens is 2. The van der Waals surface area contributed by atoms with Crippen molar-refractivity contribution in [1.29, 1.82) is 0 Å². The van der Waals surface area contributed by atoms with Crippen LogP contribution in [0.4, 0.5) is 5.95 Å². The highest BCUT2D eigenvalue weighted by atomic mass is 15.3. The molecule has 0 saturated carbocycles. The van der Waals surface area contributed by atoms with Gasteiger partial charge in [-0.15, -0.1) is 0 Å². The summed E-state index contributed by atoms with van der Waals surface area (Å²) in [6.45, 7) is 6.32. The zero-order valence-electron chi connectivity index (χ0n) is 12.9. The second-order valence-corrected chi connectivity index (χ2v) is 5.92. The molecule has 112 valence electrons. The van der Waals surface area contributed by atoms with Crippen LogP contribution in [0.15, 0.2) is 6.20 Å². The Bertz CT molecular complexity index is 411. The largest absolute Gasteiger partial charge is 0.341 e. The number of aryl methyl sites for hydroxylation is 2. The average molecular weight is 276 g/mol. The molecule has 1 aromatic heterocycles. The van der Waals surface area contributed by atoms with E-state index in [1.807, 2.05) is 6.20 Å². The lowest BCUT2D eigenvalue weighted by Gasteiger charge is -2.30. The highest BCUT2D eigenvalue weighted by Gasteiger charge is 2.18. The first-order valence-electron chi connectivity index (χ1n) is 8.03. The van der Waals surface area contributed by atoms with Crippen molar-refractivity contribution in [2.45, 2.75) is 64.8 Å². The van der Waals surface area contributed by atoms with E-state index >= 15 is 0 Å². The second-order valence-electron chi connectivity index (χ2n) is 5.92. The van der Waals surface area contributed by atoms with Crippen molar-refractivity contribution in [2.24, 2.45) is 5.73 Å². The topological polar surface area (TPSA) is 55.0 Å². The van der Waals surface area contributed by atoms with Gasteiger partial charge in [0.1, 0.15) is 0 Å². The predicted octanol–water partition coefficient (Wildman–Crippen LogP) is 2.84. The summed E-state index contributed by atoms with van der Waals surface area (Å²) in [5.74, 6) is 0.881. The number of rotatable bonds is 6. The van der Waals surface area contributed by atoms with Gasteiger partial charge in [-0.05, 0) is 38.2 Å². The van der Waals surface area contributed by atoms with Crippen LogP contribution in [0.3, 0.4) is 0 Å². The monoisotopic (exact) mass is 276 g/mol. The minimum absolute atomic E-state index is 0.352. The van der Waals surface area contributed by atoms with Crippen LogP contribution in [0.2, 0.25) is 0 Å². The summed E-state index contributed by atoms with van der Waals surface area (Å²) in [6.07, 6.45) is 10.4. The molecule has 1 aromatic rings. The molecule has 1 saturated heterocycles. The highest BCUT2D eigenvalue weighted by Crippen LogP contribution is 2.17. The normalized spacial score (nSPS) is 16.6. The number of nitrogens with zero attached hydrogens (tertiary/aromatic N) is 3. The smallest absolute Gasteiger partial charge is 0.225 e. The third kappa shape index (κ3) is 4.17. The summed E-state index contributed by atoms with van der Waals surface area (Å²) in [5, 5.41) is 0. The van der Waals surface area contributed by atoms with E-state index in [4.69, 9.17) is 10.7 Å². The lowest BCUT2D eigenvalue weighted by atomic mass is 10.1. The summed E-state index contributed by atoms with van der Waals surface area (Å²) in [5.41, 5.74) is 8.39. The van der Waals surface area contributed by atoms with Crippen molar-refractivity contribution in [2.75, 3.05) is 18.0 Å². The maximum Gasteiger partial charge on any atom is 0.225 e. The number of anilines is 1. The van der Waals surface area contributed by atoms with Crippen molar-refractivity contribution in [1.82, 2.24) is 9.97 Å². The molecular formula is C16H28N4. The Hall–Kier alpha value is -1.16. The molecule has 0 spiro atoms. The van der Waals surface area contributed by atoms with E-state index < -0.39 is 0 Å². The molecule has 2 heterocycles. The van der Waals surface area contributed by atoms with E-state index in [1.54, 1.807) is 0 Å². The van der Waals surface area contributed by atoms with Crippen molar-refractivity contribution in [3.05, 3.63) is 17.5 Å². The van der Waals surface area contributed by atoms with Crippen LogP contribution in [0.5, 0.6) is 0 Å². The van der Waals surface area contributed by atoms with Crippen molar-refractivity contribution in [3.8, 4) is 0 Å². The molecule has 1 aliphatic rings. The van der Waals surface area contributed by atoms with E-state index in [0.717, 1.165) is 44.0 Å². The van der Waals surface area contributed by atoms with E-state index in [1.165, 1.54) is 31.2 Å². The maximum absolute atomic E-state index is 5.94. The van der Waals surface area contributed by atoms with Gasteiger partial charge in [0.25, 0.3) is 0 Å². The predicted molar refractivity (Wildman–Crippen MR) is 84.0 cm³/mol. The van der Waals surface area contributed by atoms with Crippen LogP contribution >= 0.6 is 0 Å². The Morgan fingerprint density at radius 3 is 2.65 bits per heavy atom. The summed E-state index contributed by atoms with van der Waals surface area (Å²) in [6, 6.07) is 0.352. The Morgan fingerprint density at radius 2 is 2.00 bits per heavy atom. The quantitative estimate of drug-likeness (QED) is 0.812. The number of nitrogens with two attached hydrogens (primary N) is 1. The Labute approximate surface area is 122 Å². The van der Waals surface area contributed by atoms with Crippen LogP contribution in [0.25, 0.3) is 0 Å². The molecule has 4 heteroatoms. The first kappa shape index (κ1) is 15.2. The van der Waals surface area contributed by atoms with Crippen LogP contribution in [-0.2, 0) is 6.42 Å². The van der Waals surface area contributed by atoms with Crippen molar-refractivity contribution in [3.63, 3.8) is 0 Å². The van der Waals surface area contributed by atoms with E-state index in [-0.39, 0.29) is 0 Å². The van der Waals surface area contributed by atoms with Crippen LogP contribution in [-0.4, -0.2) is 29.1 Å². The number of hydrogen-bond donors (Lipinski definition) is 1. The Balaban J connectivity index is 1.91. The van der Waals surface area contributed by atoms with Crippen molar-refractivity contribution < 1.29 is 0 Å². The average Bonchev–Trinajstić information content (AvgIpc) is 2.46. The third-order valence-corrected chi connectivity index (χ3v) is 4.19. The van der Waals surface area contributed by atoms with Crippen LogP contribution in [0.1, 0.15) is 56.7 Å². The van der Waals surface area contributed by atoms with Crippen LogP contribution in [0, 0.1) is 6.92 Å². The Kier molecular flexibility index (Phi) is 5.77. The molecule has 1 fully saturated rings. The standard InChI is InChI=1S/C16H28N4/c1-3-4-5-6-7-14-12-18-16(19-13(14)2)20-10-8-15(17)9-11-20/h12,15H,3-11,17H2,1-2H3. The molecule has 0 amide bonds. The fourth-order valence-corrected chi connectivity index (χ4v) is 2.72. The molecule has 0 atom stereocenters. The molecule has 0 aromatic carbocycles. The Morgan fingerprint density at radius 1 is 1.25 bits per heavy atom. The van der Waals surface area contributed by atoms with Gasteiger partial charge in [-0.2, -0.15) is 0 Å². The van der Waals surface area contributed by atoms with E-state index in [2.05, 4.69) is 23.7 Å². The molecule has 0 unspecified atom stereocenters. The summed E-state index contributed by atoms with van der Waals surface area (Å²) in [4.78, 5) is 11.5. The van der Waals surface area contributed by atoms with E-state index in [0.29, 0.717) is 6.04 Å². The second kappa shape index (κ2) is 7.58. The summed E-state index contributed by atoms with van der Waals surface area (Å²) >= 11 is 0. The molecule has 1 aliphatic heterocycles. The fourth-order valence-electron chi connectivity index (χ4n) is 2.72. The van der Waals surface area contributed by atoms with Gasteiger partial charge >= 0.3 is 0 Å². The van der Waals surface area contributed by atoms with Gasteiger partial charge in [0.05, 0.1) is 0 Å². The van der Waals surface area contributed by atoms with Gasteiger partial charge in [0.2, 0.25) is 5.95 Å². The zero-order chi connectivity index (χ0) is 14.4. The molecular weight excluding hydrogens is 248 g/mol. The number of hydrogen-bond acceptors (Lipinski definition) is 4. The number of unbranched alkanes of at least 4 members (excludes halogenated alkanes) is 3. The van der Waals surface area contributed by atoms with Crippen molar-refractivity contribution >= 4 is 5.95 Å². The summed E-state index contributed by atoms with van der Waals surface area (Å²) < 4.78 is 0. The van der Waals surface area contributed by atoms with Gasteiger partial charge < -0.3 is 10.6 Å². The first-order chi connectivity index (χ1) is 9.70. The van der Waals surface area contributed by atoms with Gasteiger partial charge in [0, 0.05) is 31.0 Å². The third-order valence-electron chi connectivity index (χ3n) is 4.19. The highest BCUT2D eigenvalue weighted by molar-refractivity contribution is 5.33. The molecule has 4 nitrogen and oxygen atoms in total. The van der Waals surface area contributed by atoms with Crippen LogP contribution < -0.4 is 10.6 Å². The molecule has 20 heavy (non-hydrogen) atoms. The fraction of sp³-hybridized carbons (Fsp3) is 0.750. The summed E-state index contributed by atoms with van der Waals surface area (Å²) in [7, 11) is 0. The zero-order valence-corrected chi connectivity index (χ0v) is 12.9. The minimum atomic E-state index is 0.352. The molecule has 0 radical (unpaired) electrons. The minimum Gasteiger partial charge on any atom is -0.341 e. The van der Waals surface area contributed by atoms with Gasteiger partial charge in [-0.1, -0.05) is 26.2 Å². The first-order valence-corrected chi connectivity index (χ1v) is 8.03. The molecule has 0 bridgehead atoms. The molecule has 2 N–H and O–H groups in total. The van der Waals surface area contributed by atoms with Gasteiger partial charge in [0.15, 0.2) is 0 Å². The SMILES string of the molecule is CCCCCCc1cnc(N2CCC(N)CC2)nc1C. The number of piperidine rings is 1. The lowest BCUT2D eigenvalue weighted by molar-refractivity contribution is 0.495. The van der Waals surface area contributed by atoms with E-state index in [9.17, 15) is 0 Å². The van der Waals surface area contributed by atoms with Gasteiger partial charge in [-0.25, -0.2) is 9.97 Å². The lowest BCUT2D eigenvalue weighted by Crippen LogP contribution is -2.40. The molecule has 2 rings (SSSR count). The maximum atomic E-state index is 5.94. The van der Waals surface area contributed by atoms with Gasteiger partial charge in [-0.3, -0.25) is 0 Å².